The Morgan fingerprint density at radius 1 is 1.27 bits per heavy atom. The zero-order valence-electron chi connectivity index (χ0n) is 13.0. The lowest BCUT2D eigenvalue weighted by molar-refractivity contribution is 0.0947. The number of halogens is 1. The molecule has 0 aliphatic rings. The van der Waals surface area contributed by atoms with Crippen molar-refractivity contribution < 1.29 is 13.2 Å². The predicted molar refractivity (Wildman–Crippen MR) is 92.0 cm³/mol. The third-order valence-electron chi connectivity index (χ3n) is 2.61. The van der Waals surface area contributed by atoms with Crippen LogP contribution in [0.1, 0.15) is 37.6 Å². The highest BCUT2D eigenvalue weighted by Gasteiger charge is 2.18. The molecule has 22 heavy (non-hydrogen) atoms. The van der Waals surface area contributed by atoms with Crippen LogP contribution in [0.5, 0.6) is 0 Å². The zero-order chi connectivity index (χ0) is 16.1. The van der Waals surface area contributed by atoms with Crippen LogP contribution in [0.3, 0.4) is 0 Å². The average Bonchev–Trinajstić information content (AvgIpc) is 2.35. The molecule has 0 fully saturated rings. The van der Waals surface area contributed by atoms with Gasteiger partial charge in [0.15, 0.2) is 0 Å². The summed E-state index contributed by atoms with van der Waals surface area (Å²) >= 11 is 0. The van der Waals surface area contributed by atoms with Crippen molar-refractivity contribution in [1.82, 2.24) is 5.32 Å². The summed E-state index contributed by atoms with van der Waals surface area (Å²) in [5.74, 6) is -0.345. The Morgan fingerprint density at radius 3 is 2.41 bits per heavy atom. The van der Waals surface area contributed by atoms with E-state index < -0.39 is 15.6 Å². The van der Waals surface area contributed by atoms with Crippen molar-refractivity contribution in [3.63, 3.8) is 0 Å². The molecule has 1 amide bonds. The van der Waals surface area contributed by atoms with Gasteiger partial charge in [-0.1, -0.05) is 19.1 Å². The van der Waals surface area contributed by atoms with Crippen molar-refractivity contribution in [2.24, 2.45) is 5.73 Å². The molecule has 0 atom stereocenters. The molecule has 0 saturated heterocycles. The molecule has 4 N–H and O–H groups in total. The Bertz CT molecular complexity index is 598. The van der Waals surface area contributed by atoms with Crippen molar-refractivity contribution in [1.29, 1.82) is 0 Å². The summed E-state index contributed by atoms with van der Waals surface area (Å²) in [4.78, 5) is 12.2. The van der Waals surface area contributed by atoms with Crippen molar-refractivity contribution in [3.8, 4) is 0 Å². The number of nitrogens with two attached hydrogens (primary N) is 1. The Hall–Kier alpha value is -1.31. The van der Waals surface area contributed by atoms with Gasteiger partial charge in [0.25, 0.3) is 5.91 Å². The Kier molecular flexibility index (Phi) is 7.86. The fourth-order valence-electron chi connectivity index (χ4n) is 1.66. The molecular formula is C14H24ClN3O3S. The lowest BCUT2D eigenvalue weighted by atomic mass is 10.1. The van der Waals surface area contributed by atoms with Crippen LogP contribution in [0.15, 0.2) is 24.3 Å². The molecule has 0 aromatic heterocycles. The van der Waals surface area contributed by atoms with Crippen LogP contribution in [0, 0.1) is 0 Å². The number of hydrogen-bond donors (Lipinski definition) is 3. The normalized spacial score (nSPS) is 11.5. The minimum absolute atomic E-state index is 0. The standard InChI is InChI=1S/C14H23N3O3S.ClH/c1-4-9-21(19,20)17-12-8-6-5-7-11(12)13(18)16-10-14(2,3)15;/h5-8,17H,4,9-10,15H2,1-3H3,(H,16,18);1H. The third kappa shape index (κ3) is 7.11. The largest absolute Gasteiger partial charge is 0.350 e. The fourth-order valence-corrected chi connectivity index (χ4v) is 2.81. The van der Waals surface area contributed by atoms with E-state index in [1.165, 1.54) is 0 Å². The Balaban J connectivity index is 0.00000441. The smallest absolute Gasteiger partial charge is 0.253 e. The minimum atomic E-state index is -3.44. The van der Waals surface area contributed by atoms with Crippen LogP contribution in [0.25, 0.3) is 0 Å². The number of hydrogen-bond acceptors (Lipinski definition) is 4. The van der Waals surface area contributed by atoms with Gasteiger partial charge >= 0.3 is 0 Å². The van der Waals surface area contributed by atoms with Crippen LogP contribution < -0.4 is 15.8 Å². The van der Waals surface area contributed by atoms with Crippen LogP contribution >= 0.6 is 12.4 Å². The van der Waals surface area contributed by atoms with E-state index in [0.717, 1.165) is 0 Å². The Labute approximate surface area is 138 Å². The number of amides is 1. The molecular weight excluding hydrogens is 326 g/mol. The molecule has 1 aromatic carbocycles. The summed E-state index contributed by atoms with van der Waals surface area (Å²) < 4.78 is 26.1. The maximum atomic E-state index is 12.2. The fraction of sp³-hybridized carbons (Fsp3) is 0.500. The van der Waals surface area contributed by atoms with Crippen LogP contribution in [0.4, 0.5) is 5.69 Å². The summed E-state index contributed by atoms with van der Waals surface area (Å²) in [6.45, 7) is 5.66. The lowest BCUT2D eigenvalue weighted by Gasteiger charge is -2.19. The van der Waals surface area contributed by atoms with Crippen LogP contribution in [0.2, 0.25) is 0 Å². The number of para-hydroxylation sites is 1. The first kappa shape index (κ1) is 20.7. The van der Waals surface area contributed by atoms with Gasteiger partial charge in [0.2, 0.25) is 10.0 Å². The molecule has 126 valence electrons. The van der Waals surface area contributed by atoms with Gasteiger partial charge in [0.1, 0.15) is 0 Å². The molecule has 0 heterocycles. The molecule has 8 heteroatoms. The van der Waals surface area contributed by atoms with E-state index in [9.17, 15) is 13.2 Å². The van der Waals surface area contributed by atoms with Gasteiger partial charge in [-0.25, -0.2) is 8.42 Å². The maximum Gasteiger partial charge on any atom is 0.253 e. The monoisotopic (exact) mass is 349 g/mol. The Morgan fingerprint density at radius 2 is 1.86 bits per heavy atom. The van der Waals surface area contributed by atoms with E-state index in [1.807, 2.05) is 0 Å². The van der Waals surface area contributed by atoms with Crippen molar-refractivity contribution >= 4 is 34.0 Å². The van der Waals surface area contributed by atoms with Gasteiger partial charge in [-0.15, -0.1) is 12.4 Å². The number of benzene rings is 1. The SMILES string of the molecule is CCCS(=O)(=O)Nc1ccccc1C(=O)NCC(C)(C)N.Cl. The average molecular weight is 350 g/mol. The summed E-state index contributed by atoms with van der Waals surface area (Å²) in [5.41, 5.74) is 5.83. The molecule has 0 bridgehead atoms. The van der Waals surface area contributed by atoms with Crippen molar-refractivity contribution in [2.75, 3.05) is 17.0 Å². The molecule has 0 unspecified atom stereocenters. The van der Waals surface area contributed by atoms with Crippen molar-refractivity contribution in [2.45, 2.75) is 32.7 Å². The quantitative estimate of drug-likeness (QED) is 0.697. The molecule has 1 aromatic rings. The van der Waals surface area contributed by atoms with Gasteiger partial charge in [-0.3, -0.25) is 9.52 Å². The van der Waals surface area contributed by atoms with E-state index in [1.54, 1.807) is 45.0 Å². The number of carbonyl (C=O) groups is 1. The molecule has 6 nitrogen and oxygen atoms in total. The molecule has 0 radical (unpaired) electrons. The molecule has 0 saturated carbocycles. The van der Waals surface area contributed by atoms with Gasteiger partial charge in [-0.05, 0) is 32.4 Å². The first-order valence-electron chi connectivity index (χ1n) is 6.81. The van der Waals surface area contributed by atoms with Gasteiger partial charge in [0.05, 0.1) is 17.0 Å². The van der Waals surface area contributed by atoms with Crippen LogP contribution in [-0.2, 0) is 10.0 Å². The third-order valence-corrected chi connectivity index (χ3v) is 4.09. The lowest BCUT2D eigenvalue weighted by Crippen LogP contribution is -2.45. The second kappa shape index (κ2) is 8.36. The van der Waals surface area contributed by atoms with E-state index in [-0.39, 0.29) is 35.3 Å². The summed E-state index contributed by atoms with van der Waals surface area (Å²) in [7, 11) is -3.44. The number of nitrogens with one attached hydrogen (secondary N) is 2. The minimum Gasteiger partial charge on any atom is -0.350 e. The summed E-state index contributed by atoms with van der Waals surface area (Å²) in [6.07, 6.45) is 0.505. The molecule has 0 spiro atoms. The van der Waals surface area contributed by atoms with Crippen LogP contribution in [-0.4, -0.2) is 32.2 Å². The first-order valence-corrected chi connectivity index (χ1v) is 8.46. The van der Waals surface area contributed by atoms with E-state index in [4.69, 9.17) is 5.73 Å². The van der Waals surface area contributed by atoms with Crippen molar-refractivity contribution in [3.05, 3.63) is 29.8 Å². The van der Waals surface area contributed by atoms with Gasteiger partial charge in [-0.2, -0.15) is 0 Å². The number of sulfonamides is 1. The second-order valence-corrected chi connectivity index (χ2v) is 7.48. The second-order valence-electron chi connectivity index (χ2n) is 5.64. The number of carbonyl (C=O) groups excluding carboxylic acids is 1. The molecule has 1 rings (SSSR count). The van der Waals surface area contributed by atoms with E-state index >= 15 is 0 Å². The van der Waals surface area contributed by atoms with E-state index in [2.05, 4.69) is 10.0 Å². The molecule has 0 aliphatic heterocycles. The highest BCUT2D eigenvalue weighted by atomic mass is 35.5. The summed E-state index contributed by atoms with van der Waals surface area (Å²) in [6, 6.07) is 6.49. The summed E-state index contributed by atoms with van der Waals surface area (Å²) in [5, 5.41) is 2.70. The predicted octanol–water partition coefficient (Wildman–Crippen LogP) is 1.73. The van der Waals surface area contributed by atoms with E-state index in [0.29, 0.717) is 13.0 Å². The number of rotatable bonds is 7. The first-order chi connectivity index (χ1) is 9.64. The molecule has 0 aliphatic carbocycles. The highest BCUT2D eigenvalue weighted by molar-refractivity contribution is 7.92. The highest BCUT2D eigenvalue weighted by Crippen LogP contribution is 2.17. The van der Waals surface area contributed by atoms with Gasteiger partial charge in [0, 0.05) is 12.1 Å². The zero-order valence-corrected chi connectivity index (χ0v) is 14.7. The topological polar surface area (TPSA) is 101 Å². The number of anilines is 1. The van der Waals surface area contributed by atoms with Gasteiger partial charge < -0.3 is 11.1 Å². The maximum absolute atomic E-state index is 12.2.